The fourth-order valence-electron chi connectivity index (χ4n) is 5.25. The molecular weight excluding hydrogens is 509 g/mol. The van der Waals surface area contributed by atoms with E-state index in [4.69, 9.17) is 4.74 Å². The van der Waals surface area contributed by atoms with Crippen molar-refractivity contribution in [3.8, 4) is 11.1 Å². The lowest BCUT2D eigenvalue weighted by molar-refractivity contribution is 0.102. The van der Waals surface area contributed by atoms with Gasteiger partial charge in [-0.15, -0.1) is 0 Å². The highest BCUT2D eigenvalue weighted by Gasteiger charge is 2.29. The van der Waals surface area contributed by atoms with Crippen molar-refractivity contribution in [2.45, 2.75) is 25.9 Å². The maximum absolute atomic E-state index is 15.8. The molecule has 3 heterocycles. The van der Waals surface area contributed by atoms with Crippen LogP contribution in [-0.2, 0) is 4.74 Å². The van der Waals surface area contributed by atoms with Gasteiger partial charge in [-0.2, -0.15) is 0 Å². The van der Waals surface area contributed by atoms with E-state index in [9.17, 15) is 4.79 Å². The molecule has 2 aromatic carbocycles. The molecule has 2 fully saturated rings. The number of hydrogen-bond donors (Lipinski definition) is 1. The lowest BCUT2D eigenvalue weighted by Crippen LogP contribution is -2.55. The van der Waals surface area contributed by atoms with E-state index in [-0.39, 0.29) is 23.8 Å². The molecule has 2 saturated heterocycles. The van der Waals surface area contributed by atoms with Crippen molar-refractivity contribution in [2.75, 3.05) is 80.6 Å². The Labute approximate surface area is 235 Å². The number of halogens is 1. The molecule has 2 aliphatic rings. The largest absolute Gasteiger partial charge is 0.378 e. The van der Waals surface area contributed by atoms with Crippen molar-refractivity contribution in [3.63, 3.8) is 0 Å². The van der Waals surface area contributed by atoms with Crippen LogP contribution in [0, 0.1) is 5.82 Å². The highest BCUT2D eigenvalue weighted by Crippen LogP contribution is 2.36. The van der Waals surface area contributed by atoms with Crippen LogP contribution in [0.25, 0.3) is 11.1 Å². The maximum atomic E-state index is 15.8. The van der Waals surface area contributed by atoms with Crippen molar-refractivity contribution in [3.05, 3.63) is 60.2 Å². The lowest BCUT2D eigenvalue weighted by Gasteiger charge is -2.44. The van der Waals surface area contributed by atoms with Gasteiger partial charge in [-0.1, -0.05) is 6.07 Å². The molecule has 1 aromatic heterocycles. The number of carbonyl (C=O) groups is 1. The third kappa shape index (κ3) is 5.88. The normalized spacial score (nSPS) is 19.9. The zero-order valence-corrected chi connectivity index (χ0v) is 23.9. The Morgan fingerprint density at radius 2 is 1.70 bits per heavy atom. The summed E-state index contributed by atoms with van der Waals surface area (Å²) in [6, 6.07) is 11.2. The highest BCUT2D eigenvalue weighted by atomic mass is 19.1. The van der Waals surface area contributed by atoms with E-state index in [1.54, 1.807) is 24.5 Å². The second kappa shape index (κ2) is 11.8. The lowest BCUT2D eigenvalue weighted by atomic mass is 10.0. The number of aromatic nitrogens is 2. The van der Waals surface area contributed by atoms with E-state index in [2.05, 4.69) is 50.9 Å². The summed E-state index contributed by atoms with van der Waals surface area (Å²) >= 11 is 0. The standard InChI is InChI=1S/C30H38FN7O2/c1-20-18-38(19-21(2)36(20)5)28-15-26(31)25(23-16-32-30(33-17-23)37-9-11-40-12-10-37)14-27(28)34-29(39)22-7-6-8-24(13-22)35(3)4/h6-8,13-17,20-21H,9-12,18-19H2,1-5H3,(H,34,39). The fourth-order valence-corrected chi connectivity index (χ4v) is 5.25. The zero-order valence-electron chi connectivity index (χ0n) is 23.9. The smallest absolute Gasteiger partial charge is 0.255 e. The molecule has 0 aliphatic carbocycles. The van der Waals surface area contributed by atoms with E-state index in [0.29, 0.717) is 47.2 Å². The summed E-state index contributed by atoms with van der Waals surface area (Å²) < 4.78 is 21.2. The maximum Gasteiger partial charge on any atom is 0.255 e. The molecule has 212 valence electrons. The molecule has 1 N–H and O–H groups in total. The van der Waals surface area contributed by atoms with Crippen molar-refractivity contribution in [1.82, 2.24) is 14.9 Å². The molecule has 2 aliphatic heterocycles. The number of piperazine rings is 1. The fraction of sp³-hybridized carbons (Fsp3) is 0.433. The summed E-state index contributed by atoms with van der Waals surface area (Å²) in [7, 11) is 5.98. The molecule has 0 spiro atoms. The van der Waals surface area contributed by atoms with Gasteiger partial charge in [0.05, 0.1) is 24.6 Å². The first kappa shape index (κ1) is 27.8. The summed E-state index contributed by atoms with van der Waals surface area (Å²) in [5.74, 6) is -0.0417. The number of morpholine rings is 1. The van der Waals surface area contributed by atoms with Crippen LogP contribution in [0.2, 0.25) is 0 Å². The number of rotatable bonds is 6. The number of anilines is 4. The third-order valence-electron chi connectivity index (χ3n) is 7.90. The molecule has 10 heteroatoms. The number of nitrogens with zero attached hydrogens (tertiary/aromatic N) is 6. The number of amides is 1. The van der Waals surface area contributed by atoms with E-state index >= 15 is 4.39 Å². The van der Waals surface area contributed by atoms with Gasteiger partial charge in [0.1, 0.15) is 5.82 Å². The number of ether oxygens (including phenoxy) is 1. The number of hydrogen-bond acceptors (Lipinski definition) is 8. The van der Waals surface area contributed by atoms with Crippen molar-refractivity contribution < 1.29 is 13.9 Å². The van der Waals surface area contributed by atoms with Crippen LogP contribution in [0.4, 0.5) is 27.4 Å². The van der Waals surface area contributed by atoms with Gasteiger partial charge in [0.25, 0.3) is 5.91 Å². The van der Waals surface area contributed by atoms with Gasteiger partial charge in [-0.3, -0.25) is 9.69 Å². The molecule has 0 saturated carbocycles. The van der Waals surface area contributed by atoms with Gasteiger partial charge in [-0.25, -0.2) is 14.4 Å². The van der Waals surface area contributed by atoms with Crippen molar-refractivity contribution in [1.29, 1.82) is 0 Å². The molecule has 2 atom stereocenters. The van der Waals surface area contributed by atoms with Crippen LogP contribution < -0.4 is 20.0 Å². The Morgan fingerprint density at radius 3 is 2.35 bits per heavy atom. The Kier molecular flexibility index (Phi) is 8.18. The first-order chi connectivity index (χ1) is 19.2. The molecule has 3 aromatic rings. The average Bonchev–Trinajstić information content (AvgIpc) is 2.97. The number of nitrogens with one attached hydrogen (secondary N) is 1. The SMILES string of the molecule is CC1CN(c2cc(F)c(-c3cnc(N4CCOCC4)nc3)cc2NC(=O)c2cccc(N(C)C)c2)CC(C)N1C. The van der Waals surface area contributed by atoms with Gasteiger partial charge in [-0.05, 0) is 51.2 Å². The van der Waals surface area contributed by atoms with Gasteiger partial charge in [0, 0.05) is 87.1 Å². The van der Waals surface area contributed by atoms with E-state index in [1.807, 2.05) is 37.2 Å². The van der Waals surface area contributed by atoms with Gasteiger partial charge in [0.15, 0.2) is 0 Å². The molecule has 2 unspecified atom stereocenters. The van der Waals surface area contributed by atoms with Crippen LogP contribution in [-0.4, -0.2) is 93.4 Å². The predicted molar refractivity (Wildman–Crippen MR) is 158 cm³/mol. The molecular formula is C30H38FN7O2. The molecule has 9 nitrogen and oxygen atoms in total. The summed E-state index contributed by atoms with van der Waals surface area (Å²) in [6.45, 7) is 8.45. The minimum atomic E-state index is -0.385. The second-order valence-corrected chi connectivity index (χ2v) is 10.9. The van der Waals surface area contributed by atoms with Crippen LogP contribution in [0.3, 0.4) is 0 Å². The van der Waals surface area contributed by atoms with E-state index < -0.39 is 0 Å². The topological polar surface area (TPSA) is 77.1 Å². The Bertz CT molecular complexity index is 1330. The molecule has 5 rings (SSSR count). The quantitative estimate of drug-likeness (QED) is 0.497. The number of benzene rings is 2. The van der Waals surface area contributed by atoms with Crippen LogP contribution in [0.1, 0.15) is 24.2 Å². The number of carbonyl (C=O) groups excluding carboxylic acids is 1. The Balaban J connectivity index is 1.50. The summed E-state index contributed by atoms with van der Waals surface area (Å²) in [5, 5.41) is 3.09. The highest BCUT2D eigenvalue weighted by molar-refractivity contribution is 6.07. The first-order valence-electron chi connectivity index (χ1n) is 13.8. The van der Waals surface area contributed by atoms with Crippen molar-refractivity contribution in [2.24, 2.45) is 0 Å². The first-order valence-corrected chi connectivity index (χ1v) is 13.8. The third-order valence-corrected chi connectivity index (χ3v) is 7.90. The average molecular weight is 548 g/mol. The molecule has 1 amide bonds. The minimum absolute atomic E-state index is 0.253. The van der Waals surface area contributed by atoms with Gasteiger partial charge >= 0.3 is 0 Å². The van der Waals surface area contributed by atoms with Crippen molar-refractivity contribution >= 4 is 28.9 Å². The van der Waals surface area contributed by atoms with Crippen LogP contribution in [0.5, 0.6) is 0 Å². The van der Waals surface area contributed by atoms with Gasteiger partial charge in [0.2, 0.25) is 5.95 Å². The summed E-state index contributed by atoms with van der Waals surface area (Å²) in [6.07, 6.45) is 3.28. The molecule has 0 radical (unpaired) electrons. The van der Waals surface area contributed by atoms with Crippen LogP contribution in [0.15, 0.2) is 48.8 Å². The van der Waals surface area contributed by atoms with E-state index in [1.165, 1.54) is 6.07 Å². The zero-order chi connectivity index (χ0) is 28.4. The van der Waals surface area contributed by atoms with Gasteiger partial charge < -0.3 is 24.8 Å². The minimum Gasteiger partial charge on any atom is -0.378 e. The Hall–Kier alpha value is -3.76. The Morgan fingerprint density at radius 1 is 1.02 bits per heavy atom. The molecule has 0 bridgehead atoms. The second-order valence-electron chi connectivity index (χ2n) is 10.9. The van der Waals surface area contributed by atoms with Crippen LogP contribution >= 0.6 is 0 Å². The van der Waals surface area contributed by atoms with E-state index in [0.717, 1.165) is 31.9 Å². The summed E-state index contributed by atoms with van der Waals surface area (Å²) in [4.78, 5) is 31.0. The molecule has 40 heavy (non-hydrogen) atoms. The monoisotopic (exact) mass is 547 g/mol. The number of likely N-dealkylation sites (N-methyl/N-ethyl adjacent to an activating group) is 1. The summed E-state index contributed by atoms with van der Waals surface area (Å²) in [5.41, 5.74) is 3.55. The predicted octanol–water partition coefficient (Wildman–Crippen LogP) is 3.97.